The summed E-state index contributed by atoms with van der Waals surface area (Å²) >= 11 is 0. The van der Waals surface area contributed by atoms with Crippen molar-refractivity contribution in [3.63, 3.8) is 0 Å². The predicted octanol–water partition coefficient (Wildman–Crippen LogP) is 25.4. The van der Waals surface area contributed by atoms with Crippen LogP contribution >= 0.6 is 0 Å². The number of fused-ring (bicyclic) bond motifs is 8. The van der Waals surface area contributed by atoms with Crippen molar-refractivity contribution < 1.29 is 0 Å². The van der Waals surface area contributed by atoms with Crippen molar-refractivity contribution >= 4 is 151 Å². The summed E-state index contributed by atoms with van der Waals surface area (Å²) in [6.07, 6.45) is 0. The molecule has 0 nitrogen and oxygen atoms in total. The summed E-state index contributed by atoms with van der Waals surface area (Å²) in [4.78, 5) is 0. The molecule has 15 aromatic rings. The molecule has 424 valence electrons. The molecule has 0 radical (unpaired) electrons. The van der Waals surface area contributed by atoms with Crippen LogP contribution < -0.4 is 0 Å². The lowest BCUT2D eigenvalue weighted by molar-refractivity contribution is 0.590. The maximum atomic E-state index is 2.69. The fourth-order valence-electron chi connectivity index (χ4n) is 15.7. The molecule has 0 atom stereocenters. The molecule has 0 aromatic heterocycles. The molecule has 15 aromatic carbocycles. The number of rotatable bonds is 0. The highest BCUT2D eigenvalue weighted by atomic mass is 14.4. The Morgan fingerprint density at radius 2 is 0.190 bits per heavy atom. The van der Waals surface area contributed by atoms with Gasteiger partial charge in [0.25, 0.3) is 0 Å². The average molecular weight is 1100 g/mol. The Kier molecular flexibility index (Phi) is 10.1. The van der Waals surface area contributed by atoms with Gasteiger partial charge in [0.05, 0.1) is 0 Å². The highest BCUT2D eigenvalue weighted by molar-refractivity contribution is 6.56. The summed E-state index contributed by atoms with van der Waals surface area (Å²) in [6, 6.07) is 42.4. The van der Waals surface area contributed by atoms with Crippen molar-refractivity contribution in [2.45, 2.75) is 209 Å². The molecule has 0 amide bonds. The van der Waals surface area contributed by atoms with E-state index in [4.69, 9.17) is 0 Å². The SMILES string of the molecule is CC(C)(C)c1cc2c3cc(C(C)(C)C)cc4c5cc(C(C)(C)C)cc6c7cc(C(C)(C)C)cc8c9cc(C(C)(C)C)cc%10c%11cc(C(C)(C)C)cc(c%12cc(C(C)(C)C)cc%13c%14cc(C(C)(C)C)cc%15c(c1)c2c(c34)c(c%14%15)c%13%12)c%11c(c%109)c(c78)c65. The fraction of sp³-hybridized carbons (Fsp3) is 0.381. The van der Waals surface area contributed by atoms with Crippen molar-refractivity contribution in [1.82, 2.24) is 0 Å². The molecule has 0 spiro atoms. The summed E-state index contributed by atoms with van der Waals surface area (Å²) in [5.74, 6) is 0. The quantitative estimate of drug-likeness (QED) is 0.133. The van der Waals surface area contributed by atoms with Gasteiger partial charge in [-0.05, 0) is 336 Å². The van der Waals surface area contributed by atoms with Gasteiger partial charge in [-0.25, -0.2) is 0 Å². The number of hydrogen-bond acceptors (Lipinski definition) is 0. The lowest BCUT2D eigenvalue weighted by Gasteiger charge is -2.23. The Hall–Kier alpha value is -6.76. The van der Waals surface area contributed by atoms with E-state index in [1.165, 1.54) is 195 Å². The summed E-state index contributed by atoms with van der Waals surface area (Å²) in [7, 11) is 0. The highest BCUT2D eigenvalue weighted by Crippen LogP contribution is 2.60. The number of hydrogen-bond donors (Lipinski definition) is 0. The van der Waals surface area contributed by atoms with Gasteiger partial charge in [0.1, 0.15) is 0 Å². The van der Waals surface area contributed by atoms with E-state index in [9.17, 15) is 0 Å². The molecule has 0 saturated carbocycles. The van der Waals surface area contributed by atoms with Crippen molar-refractivity contribution in [1.29, 1.82) is 0 Å². The molecule has 0 aliphatic rings. The van der Waals surface area contributed by atoms with Crippen LogP contribution in [0.5, 0.6) is 0 Å². The zero-order valence-corrected chi connectivity index (χ0v) is 55.2. The first-order valence-corrected chi connectivity index (χ1v) is 31.7. The van der Waals surface area contributed by atoms with Gasteiger partial charge >= 0.3 is 0 Å². The van der Waals surface area contributed by atoms with Crippen molar-refractivity contribution in [2.24, 2.45) is 0 Å². The van der Waals surface area contributed by atoms with E-state index < -0.39 is 0 Å². The average Bonchev–Trinajstić information content (AvgIpc) is 1.51. The van der Waals surface area contributed by atoms with Crippen LogP contribution in [0.3, 0.4) is 0 Å². The molecule has 0 bridgehead atoms. The lowest BCUT2D eigenvalue weighted by atomic mass is 9.81. The Balaban J connectivity index is 1.44. The zero-order chi connectivity index (χ0) is 60.1. The Morgan fingerprint density at radius 1 is 0.119 bits per heavy atom. The maximum absolute atomic E-state index is 2.69. The molecule has 0 unspecified atom stereocenters. The standard InChI is InChI=1S/C84H88/c1-77(2,3)41-25-49-57-33-45(81(13,14)15)37-61-62-38-47(83(19,20)21)35-59-51-27-43(79(7,8)9)31-55-56-32-44(80(10,11)12)28-52-60-36-48(84(22,23)24)40-64-63-39-46(82(16,17)18)34-58-50-26-42(78(4,5)6)30-54(66(50)74(70(58)63)76(68(52)56)72(60)64)53(29-41)65(49)73(69(57)61)75(67(51)55)71(59)62/h25-40H,1-24H3. The van der Waals surface area contributed by atoms with Gasteiger partial charge in [0.2, 0.25) is 0 Å². The molecular formula is C84H88. The third kappa shape index (κ3) is 7.13. The Morgan fingerprint density at radius 3 is 0.250 bits per heavy atom. The zero-order valence-electron chi connectivity index (χ0n) is 55.2. The van der Waals surface area contributed by atoms with Crippen LogP contribution in [0, 0.1) is 0 Å². The minimum Gasteiger partial charge on any atom is -0.0561 e. The first-order valence-electron chi connectivity index (χ1n) is 31.7. The smallest absolute Gasteiger partial charge is 0.0000930 e. The molecule has 0 heteroatoms. The van der Waals surface area contributed by atoms with Crippen LogP contribution in [0.15, 0.2) is 97.1 Å². The van der Waals surface area contributed by atoms with E-state index in [2.05, 4.69) is 263 Å². The van der Waals surface area contributed by atoms with Crippen LogP contribution in [0.25, 0.3) is 151 Å². The third-order valence-electron chi connectivity index (χ3n) is 20.9. The van der Waals surface area contributed by atoms with E-state index in [0.717, 1.165) is 0 Å². The van der Waals surface area contributed by atoms with Crippen LogP contribution in [0.2, 0.25) is 0 Å². The van der Waals surface area contributed by atoms with Gasteiger partial charge in [-0.3, -0.25) is 0 Å². The van der Waals surface area contributed by atoms with Crippen molar-refractivity contribution in [3.05, 3.63) is 142 Å². The van der Waals surface area contributed by atoms with Gasteiger partial charge in [0.15, 0.2) is 0 Å². The molecule has 0 fully saturated rings. The normalized spacial score (nSPS) is 14.7. The molecule has 0 N–H and O–H groups in total. The van der Waals surface area contributed by atoms with E-state index in [1.807, 2.05) is 0 Å². The topological polar surface area (TPSA) is 0 Å². The minimum absolute atomic E-state index is 0.0892. The largest absolute Gasteiger partial charge is 0.0561 e. The third-order valence-corrected chi connectivity index (χ3v) is 20.9. The van der Waals surface area contributed by atoms with Crippen LogP contribution in [-0.4, -0.2) is 0 Å². The summed E-state index contributed by atoms with van der Waals surface area (Å²) in [6.45, 7) is 58.3. The van der Waals surface area contributed by atoms with Crippen molar-refractivity contribution in [2.75, 3.05) is 0 Å². The van der Waals surface area contributed by atoms with Crippen LogP contribution in [0.1, 0.15) is 211 Å². The van der Waals surface area contributed by atoms with Gasteiger partial charge in [-0.2, -0.15) is 0 Å². The van der Waals surface area contributed by atoms with Crippen molar-refractivity contribution in [3.8, 4) is 0 Å². The van der Waals surface area contributed by atoms with Gasteiger partial charge in [-0.15, -0.1) is 0 Å². The van der Waals surface area contributed by atoms with E-state index in [-0.39, 0.29) is 43.3 Å². The highest BCUT2D eigenvalue weighted by Gasteiger charge is 2.35. The van der Waals surface area contributed by atoms with Crippen LogP contribution in [0.4, 0.5) is 0 Å². The first kappa shape index (κ1) is 53.9. The maximum Gasteiger partial charge on any atom is -0.0000930 e. The second-order valence-corrected chi connectivity index (χ2v) is 35.1. The van der Waals surface area contributed by atoms with Gasteiger partial charge in [0, 0.05) is 0 Å². The summed E-state index contributed by atoms with van der Waals surface area (Å²) < 4.78 is 0. The Bertz CT molecular complexity index is 4700. The monoisotopic (exact) mass is 1100 g/mol. The predicted molar refractivity (Wildman–Crippen MR) is 377 cm³/mol. The molecule has 15 rings (SSSR count). The first-order chi connectivity index (χ1) is 38.7. The van der Waals surface area contributed by atoms with E-state index >= 15 is 0 Å². The van der Waals surface area contributed by atoms with E-state index in [0.29, 0.717) is 0 Å². The summed E-state index contributed by atoms with van der Waals surface area (Å²) in [5.41, 5.74) is 10.2. The molecule has 84 heavy (non-hydrogen) atoms. The van der Waals surface area contributed by atoms with Gasteiger partial charge < -0.3 is 0 Å². The fourth-order valence-corrected chi connectivity index (χ4v) is 15.7. The molecule has 0 aliphatic heterocycles. The lowest BCUT2D eigenvalue weighted by Crippen LogP contribution is -2.12. The summed E-state index contributed by atoms with van der Waals surface area (Å²) in [5, 5.41) is 39.1. The molecule has 0 heterocycles. The second kappa shape index (κ2) is 15.8. The molecule has 0 aliphatic carbocycles. The van der Waals surface area contributed by atoms with E-state index in [1.54, 1.807) is 0 Å². The second-order valence-electron chi connectivity index (χ2n) is 35.1. The minimum atomic E-state index is -0.137. The van der Waals surface area contributed by atoms with Gasteiger partial charge in [-0.1, -0.05) is 166 Å². The molecular weight excluding hydrogens is 1010 g/mol. The number of benzene rings is 10. The Labute approximate surface area is 499 Å². The van der Waals surface area contributed by atoms with Crippen LogP contribution in [-0.2, 0) is 43.3 Å². The molecule has 0 saturated heterocycles.